The molecular weight excluding hydrogens is 371 g/mol. The number of hydrogen-bond donors (Lipinski definition) is 0. The first-order valence-electron chi connectivity index (χ1n) is 8.23. The van der Waals surface area contributed by atoms with Gasteiger partial charge in [0.15, 0.2) is 0 Å². The monoisotopic (exact) mass is 386 g/mol. The fourth-order valence-corrected chi connectivity index (χ4v) is 3.55. The zero-order chi connectivity index (χ0) is 18.4. The number of rotatable bonds is 2. The van der Waals surface area contributed by atoms with Crippen LogP contribution in [0.5, 0.6) is 0 Å². The number of fused-ring (bicyclic) bond motifs is 1. The topological polar surface area (TPSA) is 51.0 Å². The number of halogens is 2. The van der Waals surface area contributed by atoms with E-state index in [-0.39, 0.29) is 11.9 Å². The van der Waals surface area contributed by atoms with Crippen molar-refractivity contribution in [2.75, 3.05) is 11.4 Å². The second-order valence-electron chi connectivity index (χ2n) is 6.40. The van der Waals surface area contributed by atoms with Gasteiger partial charge in [-0.25, -0.2) is 0 Å². The zero-order valence-electron chi connectivity index (χ0n) is 14.3. The highest BCUT2D eigenvalue weighted by molar-refractivity contribution is 6.42. The Morgan fingerprint density at radius 1 is 1.15 bits per heavy atom. The molecule has 0 bridgehead atoms. The van der Waals surface area contributed by atoms with E-state index in [1.165, 1.54) is 0 Å². The summed E-state index contributed by atoms with van der Waals surface area (Å²) in [7, 11) is 0. The molecular formula is C19H16Cl2N4O. The number of aryl methyl sites for hydroxylation is 1. The summed E-state index contributed by atoms with van der Waals surface area (Å²) in [5.74, 6) is -0.108. The van der Waals surface area contributed by atoms with E-state index in [2.05, 4.69) is 10.1 Å². The van der Waals surface area contributed by atoms with Crippen LogP contribution >= 0.6 is 23.2 Å². The third-order valence-electron chi connectivity index (χ3n) is 4.53. The minimum atomic E-state index is -0.108. The van der Waals surface area contributed by atoms with Crippen LogP contribution in [-0.4, -0.2) is 27.2 Å². The van der Waals surface area contributed by atoms with Gasteiger partial charge in [0.2, 0.25) is 0 Å². The zero-order valence-corrected chi connectivity index (χ0v) is 15.8. The van der Waals surface area contributed by atoms with E-state index in [0.717, 1.165) is 22.5 Å². The van der Waals surface area contributed by atoms with Gasteiger partial charge in [-0.15, -0.1) is 0 Å². The highest BCUT2D eigenvalue weighted by Crippen LogP contribution is 2.34. The number of amides is 1. The Hall–Kier alpha value is -2.37. The number of hydrogen-bond acceptors (Lipinski definition) is 3. The highest BCUT2D eigenvalue weighted by atomic mass is 35.5. The van der Waals surface area contributed by atoms with E-state index >= 15 is 0 Å². The summed E-state index contributed by atoms with van der Waals surface area (Å²) in [5, 5.41) is 5.34. The molecule has 1 atom stereocenters. The van der Waals surface area contributed by atoms with Crippen molar-refractivity contribution >= 4 is 34.8 Å². The third-order valence-corrected chi connectivity index (χ3v) is 5.27. The van der Waals surface area contributed by atoms with Crippen LogP contribution < -0.4 is 4.90 Å². The molecule has 4 rings (SSSR count). The summed E-state index contributed by atoms with van der Waals surface area (Å²) in [6, 6.07) is 9.11. The summed E-state index contributed by atoms with van der Waals surface area (Å²) < 4.78 is 1.79. The number of anilines is 1. The molecule has 0 saturated heterocycles. The lowest BCUT2D eigenvalue weighted by molar-refractivity contribution is 0.0954. The number of carbonyl (C=O) groups is 1. The second-order valence-corrected chi connectivity index (χ2v) is 7.21. The molecule has 1 aromatic carbocycles. The summed E-state index contributed by atoms with van der Waals surface area (Å²) in [6.45, 7) is 4.47. The molecule has 5 nitrogen and oxygen atoms in total. The number of carbonyl (C=O) groups excluding carboxylic acids is 1. The quantitative estimate of drug-likeness (QED) is 0.636. The smallest absolute Gasteiger partial charge is 0.277 e. The maximum absolute atomic E-state index is 13.3. The van der Waals surface area contributed by atoms with Gasteiger partial charge >= 0.3 is 0 Å². The molecule has 0 radical (unpaired) electrons. The lowest BCUT2D eigenvalue weighted by Gasteiger charge is -2.32. The Balaban J connectivity index is 1.82. The molecule has 1 amide bonds. The minimum absolute atomic E-state index is 0.0360. The normalized spacial score (nSPS) is 16.7. The Kier molecular flexibility index (Phi) is 4.21. The number of nitrogens with zero attached hydrogens (tertiary/aromatic N) is 4. The second kappa shape index (κ2) is 6.41. The molecule has 0 saturated carbocycles. The van der Waals surface area contributed by atoms with E-state index in [1.54, 1.807) is 40.2 Å². The first-order chi connectivity index (χ1) is 12.5. The van der Waals surface area contributed by atoms with Crippen LogP contribution in [0.4, 0.5) is 5.69 Å². The summed E-state index contributed by atoms with van der Waals surface area (Å²) >= 11 is 12.2. The molecule has 26 heavy (non-hydrogen) atoms. The van der Waals surface area contributed by atoms with Crippen LogP contribution in [0.15, 0.2) is 42.7 Å². The lowest BCUT2D eigenvalue weighted by atomic mass is 10.0. The molecule has 0 unspecified atom stereocenters. The molecule has 2 aromatic heterocycles. The minimum Gasteiger partial charge on any atom is -0.305 e. The van der Waals surface area contributed by atoms with Gasteiger partial charge in [-0.05, 0) is 49.7 Å². The molecule has 1 aliphatic heterocycles. The third kappa shape index (κ3) is 2.77. The lowest BCUT2D eigenvalue weighted by Crippen LogP contribution is -2.42. The van der Waals surface area contributed by atoms with Crippen molar-refractivity contribution in [2.24, 2.45) is 0 Å². The maximum atomic E-state index is 13.3. The predicted octanol–water partition coefficient (Wildman–Crippen LogP) is 4.78. The van der Waals surface area contributed by atoms with Crippen LogP contribution in [0, 0.1) is 6.92 Å². The van der Waals surface area contributed by atoms with Crippen LogP contribution in [0.1, 0.15) is 29.1 Å². The Morgan fingerprint density at radius 3 is 2.69 bits per heavy atom. The fraction of sp³-hybridized carbons (Fsp3) is 0.211. The summed E-state index contributed by atoms with van der Waals surface area (Å²) in [6.07, 6.45) is 3.49. The van der Waals surface area contributed by atoms with Crippen molar-refractivity contribution in [2.45, 2.75) is 19.9 Å². The average molecular weight is 387 g/mol. The van der Waals surface area contributed by atoms with Gasteiger partial charge in [-0.3, -0.25) is 14.5 Å². The molecule has 1 aliphatic rings. The first-order valence-corrected chi connectivity index (χ1v) is 8.98. The van der Waals surface area contributed by atoms with Crippen LogP contribution in [-0.2, 0) is 0 Å². The highest BCUT2D eigenvalue weighted by Gasteiger charge is 2.33. The molecule has 0 fully saturated rings. The van der Waals surface area contributed by atoms with Crippen molar-refractivity contribution in [1.82, 2.24) is 14.8 Å². The molecule has 7 heteroatoms. The largest absolute Gasteiger partial charge is 0.305 e. The van der Waals surface area contributed by atoms with E-state index in [1.807, 2.05) is 26.0 Å². The van der Waals surface area contributed by atoms with E-state index in [4.69, 9.17) is 23.2 Å². The Morgan fingerprint density at radius 2 is 1.96 bits per heavy atom. The summed E-state index contributed by atoms with van der Waals surface area (Å²) in [4.78, 5) is 19.2. The van der Waals surface area contributed by atoms with Gasteiger partial charge in [0.1, 0.15) is 5.69 Å². The van der Waals surface area contributed by atoms with Gasteiger partial charge in [-0.2, -0.15) is 5.10 Å². The first kappa shape index (κ1) is 17.1. The van der Waals surface area contributed by atoms with E-state index < -0.39 is 0 Å². The number of aromatic nitrogens is 3. The van der Waals surface area contributed by atoms with Gasteiger partial charge in [0.25, 0.3) is 5.91 Å². The van der Waals surface area contributed by atoms with E-state index in [0.29, 0.717) is 22.3 Å². The summed E-state index contributed by atoms with van der Waals surface area (Å²) in [5.41, 5.74) is 3.91. The van der Waals surface area contributed by atoms with Crippen LogP contribution in [0.2, 0.25) is 10.0 Å². The predicted molar refractivity (Wildman–Crippen MR) is 103 cm³/mol. The molecule has 132 valence electrons. The molecule has 0 N–H and O–H groups in total. The van der Waals surface area contributed by atoms with Crippen molar-refractivity contribution in [3.05, 3.63) is 64.2 Å². The van der Waals surface area contributed by atoms with Crippen molar-refractivity contribution in [3.8, 4) is 11.1 Å². The molecule has 3 heterocycles. The standard InChI is InChI=1S/C19H16Cl2N4O/c1-11-7-13(5-6-22-11)15-9-23-25-12(2)10-24(19(26)18(15)25)14-3-4-16(20)17(21)8-14/h3-9,12H,10H2,1-2H3/t12-/m0/s1. The average Bonchev–Trinajstić information content (AvgIpc) is 3.06. The van der Waals surface area contributed by atoms with Gasteiger partial charge in [-0.1, -0.05) is 23.2 Å². The van der Waals surface area contributed by atoms with Crippen LogP contribution in [0.3, 0.4) is 0 Å². The number of pyridine rings is 1. The van der Waals surface area contributed by atoms with E-state index in [9.17, 15) is 4.79 Å². The van der Waals surface area contributed by atoms with Crippen molar-refractivity contribution in [3.63, 3.8) is 0 Å². The SMILES string of the molecule is Cc1cc(-c2cnn3c2C(=O)N(c2ccc(Cl)c(Cl)c2)C[C@@H]3C)ccn1. The van der Waals surface area contributed by atoms with Crippen LogP contribution in [0.25, 0.3) is 11.1 Å². The Bertz CT molecular complexity index is 1010. The fourth-order valence-electron chi connectivity index (χ4n) is 3.26. The van der Waals surface area contributed by atoms with Crippen molar-refractivity contribution in [1.29, 1.82) is 0 Å². The van der Waals surface area contributed by atoms with Crippen molar-refractivity contribution < 1.29 is 4.79 Å². The number of benzene rings is 1. The maximum Gasteiger partial charge on any atom is 0.277 e. The van der Waals surface area contributed by atoms with Gasteiger partial charge < -0.3 is 4.90 Å². The molecule has 3 aromatic rings. The van der Waals surface area contributed by atoms with Gasteiger partial charge in [0, 0.05) is 29.7 Å². The molecule has 0 spiro atoms. The molecule has 0 aliphatic carbocycles. The Labute approximate surface area is 161 Å². The van der Waals surface area contributed by atoms with Gasteiger partial charge in [0.05, 0.1) is 22.3 Å².